The van der Waals surface area contributed by atoms with Crippen molar-refractivity contribution in [1.29, 1.82) is 0 Å². The van der Waals surface area contributed by atoms with Gasteiger partial charge in [-0.15, -0.1) is 0 Å². The van der Waals surface area contributed by atoms with Gasteiger partial charge in [0.15, 0.2) is 0 Å². The van der Waals surface area contributed by atoms with Gasteiger partial charge in [-0.25, -0.2) is 13.2 Å². The number of hydrogen-bond donors (Lipinski definition) is 2. The van der Waals surface area contributed by atoms with Crippen LogP contribution in [0.25, 0.3) is 0 Å². The minimum absolute atomic E-state index is 0.158. The SMILES string of the molecule is O=C(CN1C(=O)NC2(CCCCCC2)C1=O)NCc1ccc(S(=O)(=O)N2CCOCC2)cc1. The molecule has 3 aliphatic rings. The number of nitrogens with zero attached hydrogens (tertiary/aromatic N) is 2. The summed E-state index contributed by atoms with van der Waals surface area (Å²) in [7, 11) is -3.58. The van der Waals surface area contributed by atoms with Crippen molar-refractivity contribution in [2.45, 2.75) is 55.5 Å². The summed E-state index contributed by atoms with van der Waals surface area (Å²) < 4.78 is 32.0. The second-order valence-electron chi connectivity index (χ2n) is 8.75. The number of imide groups is 1. The third kappa shape index (κ3) is 5.04. The third-order valence-electron chi connectivity index (χ3n) is 6.53. The average Bonchev–Trinajstić information content (AvgIpc) is 2.97. The van der Waals surface area contributed by atoms with E-state index in [1.807, 2.05) is 0 Å². The number of hydrogen-bond acceptors (Lipinski definition) is 6. The molecular weight excluding hydrogens is 448 g/mol. The van der Waals surface area contributed by atoms with Crippen LogP contribution in [0, 0.1) is 0 Å². The van der Waals surface area contributed by atoms with Crippen LogP contribution in [-0.4, -0.2) is 73.9 Å². The normalized spacial score (nSPS) is 21.6. The van der Waals surface area contributed by atoms with E-state index in [0.29, 0.717) is 44.7 Å². The second kappa shape index (κ2) is 9.78. The third-order valence-corrected chi connectivity index (χ3v) is 8.44. The molecule has 4 amide bonds. The van der Waals surface area contributed by atoms with Crippen molar-refractivity contribution in [2.75, 3.05) is 32.8 Å². The standard InChI is InChI=1S/C22H30N4O6S/c27-19(16-26-20(28)22(24-21(26)29)9-3-1-2-4-10-22)23-15-17-5-7-18(8-6-17)33(30,31)25-11-13-32-14-12-25/h5-8H,1-4,9-16H2,(H,23,27)(H,24,29). The van der Waals surface area contributed by atoms with Gasteiger partial charge in [-0.2, -0.15) is 4.31 Å². The molecular formula is C22H30N4O6S. The summed E-state index contributed by atoms with van der Waals surface area (Å²) in [5.74, 6) is -0.767. The summed E-state index contributed by atoms with van der Waals surface area (Å²) in [5, 5.41) is 5.53. The molecule has 1 saturated carbocycles. The Balaban J connectivity index is 1.32. The molecule has 1 aromatic rings. The van der Waals surface area contributed by atoms with Crippen molar-refractivity contribution in [1.82, 2.24) is 19.8 Å². The van der Waals surface area contributed by atoms with Crippen molar-refractivity contribution < 1.29 is 27.5 Å². The minimum Gasteiger partial charge on any atom is -0.379 e. The second-order valence-corrected chi connectivity index (χ2v) is 10.7. The molecule has 10 nitrogen and oxygen atoms in total. The fraction of sp³-hybridized carbons (Fsp3) is 0.591. The van der Waals surface area contributed by atoms with Crippen LogP contribution in [0.2, 0.25) is 0 Å². The van der Waals surface area contributed by atoms with Crippen LogP contribution in [0.3, 0.4) is 0 Å². The van der Waals surface area contributed by atoms with Crippen molar-refractivity contribution >= 4 is 27.9 Å². The minimum atomic E-state index is -3.58. The summed E-state index contributed by atoms with van der Waals surface area (Å²) in [6.07, 6.45) is 5.05. The van der Waals surface area contributed by atoms with E-state index in [9.17, 15) is 22.8 Å². The molecule has 1 spiro atoms. The van der Waals surface area contributed by atoms with Crippen molar-refractivity contribution in [3.05, 3.63) is 29.8 Å². The Bertz CT molecular complexity index is 996. The summed E-state index contributed by atoms with van der Waals surface area (Å²) in [6, 6.07) is 5.79. The van der Waals surface area contributed by atoms with Crippen molar-refractivity contribution in [3.8, 4) is 0 Å². The van der Waals surface area contributed by atoms with Crippen LogP contribution in [0.15, 0.2) is 29.2 Å². The molecule has 2 heterocycles. The number of carbonyl (C=O) groups excluding carboxylic acids is 3. The molecule has 0 aromatic heterocycles. The number of rotatable bonds is 6. The highest BCUT2D eigenvalue weighted by Gasteiger charge is 2.51. The molecule has 33 heavy (non-hydrogen) atoms. The smallest absolute Gasteiger partial charge is 0.325 e. The highest BCUT2D eigenvalue weighted by Crippen LogP contribution is 2.32. The molecule has 4 rings (SSSR count). The molecule has 1 aromatic carbocycles. The molecule has 11 heteroatoms. The monoisotopic (exact) mass is 478 g/mol. The van der Waals surface area contributed by atoms with Crippen molar-refractivity contribution in [3.63, 3.8) is 0 Å². The lowest BCUT2D eigenvalue weighted by Crippen LogP contribution is -2.47. The molecule has 180 valence electrons. The molecule has 0 unspecified atom stereocenters. The Hall–Kier alpha value is -2.50. The van der Waals surface area contributed by atoms with E-state index >= 15 is 0 Å². The number of benzene rings is 1. The zero-order chi connectivity index (χ0) is 23.5. The van der Waals surface area contributed by atoms with Crippen molar-refractivity contribution in [2.24, 2.45) is 0 Å². The number of ether oxygens (including phenoxy) is 1. The first-order valence-electron chi connectivity index (χ1n) is 11.4. The van der Waals surface area contributed by atoms with Gasteiger partial charge in [-0.1, -0.05) is 37.8 Å². The van der Waals surface area contributed by atoms with Gasteiger partial charge < -0.3 is 15.4 Å². The van der Waals surface area contributed by atoms with E-state index in [4.69, 9.17) is 4.74 Å². The lowest BCUT2D eigenvalue weighted by atomic mass is 9.90. The first kappa shape index (κ1) is 23.7. The average molecular weight is 479 g/mol. The molecule has 0 radical (unpaired) electrons. The summed E-state index contributed by atoms with van der Waals surface area (Å²) in [6.45, 7) is 1.22. The van der Waals surface area contributed by atoms with Crippen LogP contribution in [-0.2, 0) is 30.9 Å². The lowest BCUT2D eigenvalue weighted by Gasteiger charge is -2.26. The zero-order valence-electron chi connectivity index (χ0n) is 18.5. The van der Waals surface area contributed by atoms with Gasteiger partial charge in [0, 0.05) is 19.6 Å². The summed E-state index contributed by atoms with van der Waals surface area (Å²) >= 11 is 0. The van der Waals surface area contributed by atoms with Crippen LogP contribution in [0.4, 0.5) is 4.79 Å². The number of amides is 4. The lowest BCUT2D eigenvalue weighted by molar-refractivity contribution is -0.135. The number of nitrogens with one attached hydrogen (secondary N) is 2. The predicted octanol–water partition coefficient (Wildman–Crippen LogP) is 0.969. The van der Waals surface area contributed by atoms with Gasteiger partial charge in [-0.3, -0.25) is 14.5 Å². The quantitative estimate of drug-likeness (QED) is 0.587. The topological polar surface area (TPSA) is 125 Å². The Morgan fingerprint density at radius 2 is 1.67 bits per heavy atom. The number of urea groups is 1. The fourth-order valence-electron chi connectivity index (χ4n) is 4.61. The highest BCUT2D eigenvalue weighted by molar-refractivity contribution is 7.89. The van der Waals surface area contributed by atoms with Gasteiger partial charge in [0.2, 0.25) is 15.9 Å². The molecule has 2 saturated heterocycles. The Labute approximate surface area is 193 Å². The van der Waals surface area contributed by atoms with Crippen LogP contribution in [0.5, 0.6) is 0 Å². The number of sulfonamides is 1. The van der Waals surface area contributed by atoms with E-state index in [0.717, 1.165) is 30.6 Å². The number of carbonyl (C=O) groups is 3. The van der Waals surface area contributed by atoms with Gasteiger partial charge in [0.05, 0.1) is 18.1 Å². The Kier molecular flexibility index (Phi) is 7.01. The molecule has 0 atom stereocenters. The van der Waals surface area contributed by atoms with Gasteiger partial charge >= 0.3 is 6.03 Å². The molecule has 2 N–H and O–H groups in total. The van der Waals surface area contributed by atoms with Gasteiger partial charge in [0.1, 0.15) is 12.1 Å². The van der Waals surface area contributed by atoms with E-state index in [1.54, 1.807) is 12.1 Å². The van der Waals surface area contributed by atoms with Gasteiger partial charge in [-0.05, 0) is 30.5 Å². The number of morpholine rings is 1. The first-order chi connectivity index (χ1) is 15.8. The van der Waals surface area contributed by atoms with E-state index in [1.165, 1.54) is 16.4 Å². The van der Waals surface area contributed by atoms with Crippen LogP contribution < -0.4 is 10.6 Å². The maximum absolute atomic E-state index is 12.9. The molecule has 0 bridgehead atoms. The fourth-order valence-corrected chi connectivity index (χ4v) is 6.01. The summed E-state index contributed by atoms with van der Waals surface area (Å²) in [5.41, 5.74) is -0.155. The largest absolute Gasteiger partial charge is 0.379 e. The Morgan fingerprint density at radius 3 is 2.30 bits per heavy atom. The predicted molar refractivity (Wildman–Crippen MR) is 119 cm³/mol. The van der Waals surface area contributed by atoms with Gasteiger partial charge in [0.25, 0.3) is 5.91 Å². The first-order valence-corrected chi connectivity index (χ1v) is 12.8. The molecule has 3 fully saturated rings. The molecule has 1 aliphatic carbocycles. The van der Waals surface area contributed by atoms with E-state index in [2.05, 4.69) is 10.6 Å². The molecule has 2 aliphatic heterocycles. The van der Waals surface area contributed by atoms with Crippen LogP contribution >= 0.6 is 0 Å². The van der Waals surface area contributed by atoms with E-state index in [-0.39, 0.29) is 23.9 Å². The Morgan fingerprint density at radius 1 is 1.03 bits per heavy atom. The maximum Gasteiger partial charge on any atom is 0.325 e. The zero-order valence-corrected chi connectivity index (χ0v) is 19.4. The summed E-state index contributed by atoms with van der Waals surface area (Å²) in [4.78, 5) is 38.9. The van der Waals surface area contributed by atoms with Crippen LogP contribution in [0.1, 0.15) is 44.1 Å². The maximum atomic E-state index is 12.9. The highest BCUT2D eigenvalue weighted by atomic mass is 32.2. The van der Waals surface area contributed by atoms with E-state index < -0.39 is 27.5 Å².